The molecule has 0 amide bonds. The topological polar surface area (TPSA) is 68.7 Å². The van der Waals surface area contributed by atoms with Crippen molar-refractivity contribution in [3.63, 3.8) is 0 Å². The maximum atomic E-state index is 10.4. The van der Waals surface area contributed by atoms with Crippen LogP contribution in [-0.4, -0.2) is 22.7 Å². The standard InChI is InChI=1S/C15H15NO4S/c1-2-19-12-5-3-4-6-13(12)20-10-14-16-9-11(21-14)7-8-15(17)18/h3-9H,2,10H2,1H3,(H,17,18)/b8-7+. The Morgan fingerprint density at radius 2 is 2.05 bits per heavy atom. The smallest absolute Gasteiger partial charge is 0.328 e. The van der Waals surface area contributed by atoms with Gasteiger partial charge in [0, 0.05) is 17.2 Å². The summed E-state index contributed by atoms with van der Waals surface area (Å²) >= 11 is 1.39. The molecule has 2 rings (SSSR count). The first kappa shape index (κ1) is 15.1. The van der Waals surface area contributed by atoms with Crippen molar-refractivity contribution in [2.75, 3.05) is 6.61 Å². The van der Waals surface area contributed by atoms with Gasteiger partial charge in [0.2, 0.25) is 0 Å². The van der Waals surface area contributed by atoms with Gasteiger partial charge in [-0.15, -0.1) is 11.3 Å². The average molecular weight is 305 g/mol. The first-order chi connectivity index (χ1) is 10.2. The molecule has 0 saturated carbocycles. The number of carboxylic acids is 1. The summed E-state index contributed by atoms with van der Waals surface area (Å²) in [6.07, 6.45) is 4.22. The molecule has 0 aliphatic heterocycles. The summed E-state index contributed by atoms with van der Waals surface area (Å²) in [5.41, 5.74) is 0. The number of carboxylic acid groups (broad SMARTS) is 1. The highest BCUT2D eigenvalue weighted by molar-refractivity contribution is 7.12. The zero-order valence-electron chi connectivity index (χ0n) is 11.5. The second kappa shape index (κ2) is 7.44. The Bertz CT molecular complexity index is 636. The molecule has 1 N–H and O–H groups in total. The fourth-order valence-corrected chi connectivity index (χ4v) is 2.34. The monoisotopic (exact) mass is 305 g/mol. The summed E-state index contributed by atoms with van der Waals surface area (Å²) in [6.45, 7) is 2.80. The summed E-state index contributed by atoms with van der Waals surface area (Å²) < 4.78 is 11.2. The van der Waals surface area contributed by atoms with E-state index in [-0.39, 0.29) is 0 Å². The second-order valence-corrected chi connectivity index (χ2v) is 5.14. The zero-order chi connectivity index (χ0) is 15.1. The number of carbonyl (C=O) groups is 1. The number of thiazole rings is 1. The number of nitrogens with zero attached hydrogens (tertiary/aromatic N) is 1. The highest BCUT2D eigenvalue weighted by atomic mass is 32.1. The van der Waals surface area contributed by atoms with Crippen LogP contribution < -0.4 is 9.47 Å². The van der Waals surface area contributed by atoms with Crippen LogP contribution in [-0.2, 0) is 11.4 Å². The first-order valence-electron chi connectivity index (χ1n) is 6.39. The second-order valence-electron chi connectivity index (χ2n) is 4.00. The lowest BCUT2D eigenvalue weighted by Gasteiger charge is -2.10. The average Bonchev–Trinajstić information content (AvgIpc) is 2.92. The molecular formula is C15H15NO4S. The molecule has 6 heteroatoms. The van der Waals surface area contributed by atoms with E-state index in [4.69, 9.17) is 14.6 Å². The van der Waals surface area contributed by atoms with Crippen LogP contribution in [0, 0.1) is 0 Å². The van der Waals surface area contributed by atoms with Crippen molar-refractivity contribution >= 4 is 23.4 Å². The molecule has 0 radical (unpaired) electrons. The Morgan fingerprint density at radius 3 is 2.71 bits per heavy atom. The predicted molar refractivity (Wildman–Crippen MR) is 80.7 cm³/mol. The predicted octanol–water partition coefficient (Wildman–Crippen LogP) is 3.22. The largest absolute Gasteiger partial charge is 0.490 e. The molecule has 0 bridgehead atoms. The van der Waals surface area contributed by atoms with Crippen LogP contribution in [0.25, 0.3) is 6.08 Å². The van der Waals surface area contributed by atoms with Crippen LogP contribution in [0.3, 0.4) is 0 Å². The molecule has 0 aliphatic rings. The molecule has 1 heterocycles. The first-order valence-corrected chi connectivity index (χ1v) is 7.21. The van der Waals surface area contributed by atoms with E-state index < -0.39 is 5.97 Å². The highest BCUT2D eigenvalue weighted by Crippen LogP contribution is 2.27. The van der Waals surface area contributed by atoms with E-state index in [0.717, 1.165) is 16.0 Å². The summed E-state index contributed by atoms with van der Waals surface area (Å²) in [7, 11) is 0. The number of benzene rings is 1. The van der Waals surface area contributed by atoms with Gasteiger partial charge in [-0.05, 0) is 25.1 Å². The van der Waals surface area contributed by atoms with Crippen LogP contribution in [0.15, 0.2) is 36.5 Å². The summed E-state index contributed by atoms with van der Waals surface area (Å²) in [4.78, 5) is 15.4. The number of aromatic nitrogens is 1. The molecule has 0 fully saturated rings. The van der Waals surface area contributed by atoms with E-state index in [1.54, 1.807) is 6.20 Å². The Labute approximate surface area is 126 Å². The SMILES string of the molecule is CCOc1ccccc1OCc1ncc(/C=C/C(=O)O)s1. The third kappa shape index (κ3) is 4.61. The summed E-state index contributed by atoms with van der Waals surface area (Å²) in [5.74, 6) is 0.381. The molecule has 5 nitrogen and oxygen atoms in total. The highest BCUT2D eigenvalue weighted by Gasteiger charge is 2.06. The minimum Gasteiger partial charge on any atom is -0.490 e. The van der Waals surface area contributed by atoms with Crippen LogP contribution in [0.4, 0.5) is 0 Å². The molecule has 21 heavy (non-hydrogen) atoms. The van der Waals surface area contributed by atoms with Crippen molar-refractivity contribution < 1.29 is 19.4 Å². The zero-order valence-corrected chi connectivity index (χ0v) is 12.3. The summed E-state index contributed by atoms with van der Waals surface area (Å²) in [5, 5.41) is 9.34. The van der Waals surface area contributed by atoms with E-state index >= 15 is 0 Å². The third-order valence-corrected chi connectivity index (χ3v) is 3.40. The lowest BCUT2D eigenvalue weighted by atomic mass is 10.3. The number of aliphatic carboxylic acids is 1. The van der Waals surface area contributed by atoms with E-state index in [1.807, 2.05) is 31.2 Å². The van der Waals surface area contributed by atoms with Crippen LogP contribution in [0.2, 0.25) is 0 Å². The normalized spacial score (nSPS) is 10.7. The molecule has 0 spiro atoms. The van der Waals surface area contributed by atoms with E-state index in [9.17, 15) is 4.79 Å². The van der Waals surface area contributed by atoms with Crippen molar-refractivity contribution in [3.8, 4) is 11.5 Å². The molecule has 1 aromatic carbocycles. The molecule has 2 aromatic rings. The molecule has 0 atom stereocenters. The Hall–Kier alpha value is -2.34. The van der Waals surface area contributed by atoms with Crippen molar-refractivity contribution in [1.29, 1.82) is 0 Å². The number of para-hydroxylation sites is 2. The van der Waals surface area contributed by atoms with Crippen LogP contribution in [0.5, 0.6) is 11.5 Å². The fraction of sp³-hybridized carbons (Fsp3) is 0.200. The van der Waals surface area contributed by atoms with Gasteiger partial charge in [0.25, 0.3) is 0 Å². The molecular weight excluding hydrogens is 290 g/mol. The number of ether oxygens (including phenoxy) is 2. The van der Waals surface area contributed by atoms with Crippen LogP contribution in [0.1, 0.15) is 16.8 Å². The fourth-order valence-electron chi connectivity index (χ4n) is 1.61. The summed E-state index contributed by atoms with van der Waals surface area (Å²) in [6, 6.07) is 7.45. The molecule has 0 saturated heterocycles. The van der Waals surface area contributed by atoms with Gasteiger partial charge in [0.1, 0.15) is 11.6 Å². The Kier molecular flexibility index (Phi) is 5.34. The number of hydrogen-bond acceptors (Lipinski definition) is 5. The number of hydrogen-bond donors (Lipinski definition) is 1. The lowest BCUT2D eigenvalue weighted by molar-refractivity contribution is -0.131. The van der Waals surface area contributed by atoms with E-state index in [0.29, 0.717) is 24.7 Å². The van der Waals surface area contributed by atoms with Crippen LogP contribution >= 0.6 is 11.3 Å². The lowest BCUT2D eigenvalue weighted by Crippen LogP contribution is -1.98. The maximum absolute atomic E-state index is 10.4. The Balaban J connectivity index is 1.99. The van der Waals surface area contributed by atoms with E-state index in [2.05, 4.69) is 4.98 Å². The van der Waals surface area contributed by atoms with Crippen molar-refractivity contribution in [1.82, 2.24) is 4.98 Å². The molecule has 110 valence electrons. The maximum Gasteiger partial charge on any atom is 0.328 e. The van der Waals surface area contributed by atoms with Crippen molar-refractivity contribution in [2.45, 2.75) is 13.5 Å². The van der Waals surface area contributed by atoms with Gasteiger partial charge in [-0.25, -0.2) is 9.78 Å². The Morgan fingerprint density at radius 1 is 1.33 bits per heavy atom. The minimum absolute atomic E-state index is 0.315. The molecule has 0 unspecified atom stereocenters. The van der Waals surface area contributed by atoms with Crippen molar-refractivity contribution in [2.24, 2.45) is 0 Å². The van der Waals surface area contributed by atoms with Gasteiger partial charge in [-0.2, -0.15) is 0 Å². The van der Waals surface area contributed by atoms with Gasteiger partial charge >= 0.3 is 5.97 Å². The van der Waals surface area contributed by atoms with Gasteiger partial charge < -0.3 is 14.6 Å². The van der Waals surface area contributed by atoms with E-state index in [1.165, 1.54) is 17.4 Å². The third-order valence-electron chi connectivity index (χ3n) is 2.46. The molecule has 0 aliphatic carbocycles. The van der Waals surface area contributed by atoms with Gasteiger partial charge in [-0.1, -0.05) is 12.1 Å². The quantitative estimate of drug-likeness (QED) is 0.795. The molecule has 1 aromatic heterocycles. The van der Waals surface area contributed by atoms with Gasteiger partial charge in [0.15, 0.2) is 11.5 Å². The van der Waals surface area contributed by atoms with Crippen molar-refractivity contribution in [3.05, 3.63) is 46.4 Å². The van der Waals surface area contributed by atoms with Gasteiger partial charge in [0.05, 0.1) is 6.61 Å². The minimum atomic E-state index is -0.980. The van der Waals surface area contributed by atoms with Gasteiger partial charge in [-0.3, -0.25) is 0 Å². The number of rotatable bonds is 7.